The van der Waals surface area contributed by atoms with Crippen LogP contribution in [0.2, 0.25) is 0 Å². The van der Waals surface area contributed by atoms with Gasteiger partial charge in [-0.25, -0.2) is 4.21 Å². The summed E-state index contributed by atoms with van der Waals surface area (Å²) in [7, 11) is -1.08. The third kappa shape index (κ3) is 1.31. The summed E-state index contributed by atoms with van der Waals surface area (Å²) in [6.45, 7) is 3.54. The van der Waals surface area contributed by atoms with Crippen LogP contribution in [0.1, 0.15) is 46.0 Å². The first-order valence-electron chi connectivity index (χ1n) is 5.31. The summed E-state index contributed by atoms with van der Waals surface area (Å²) in [6.07, 6.45) is 5.67. The lowest BCUT2D eigenvalue weighted by Crippen LogP contribution is -2.66. The van der Waals surface area contributed by atoms with Crippen molar-refractivity contribution in [1.29, 1.82) is 0 Å². The van der Waals surface area contributed by atoms with Crippen molar-refractivity contribution in [3.63, 3.8) is 0 Å². The molecular weight excluding hydrogens is 198 g/mol. The van der Waals surface area contributed by atoms with Crippen molar-refractivity contribution in [2.45, 2.75) is 56.7 Å². The summed E-state index contributed by atoms with van der Waals surface area (Å²) in [5.74, 6) is 0.0720. The zero-order valence-corrected chi connectivity index (χ0v) is 9.60. The van der Waals surface area contributed by atoms with E-state index in [4.69, 9.17) is 0 Å². The van der Waals surface area contributed by atoms with Crippen LogP contribution >= 0.6 is 0 Å². The fraction of sp³-hybridized carbons (Fsp3) is 0.900. The predicted molar refractivity (Wildman–Crippen MR) is 55.9 cm³/mol. The predicted octanol–water partition coefficient (Wildman–Crippen LogP) is 1.60. The maximum Gasteiger partial charge on any atom is 0.254 e. The van der Waals surface area contributed by atoms with Crippen molar-refractivity contribution in [3.8, 4) is 0 Å². The van der Waals surface area contributed by atoms with Crippen LogP contribution in [-0.4, -0.2) is 25.2 Å². The Morgan fingerprint density at radius 1 is 1.29 bits per heavy atom. The standard InChI is InChI=1S/C10H17NO2S/c1-10(2)9(12)11(14(10)13)8-6-4-3-5-7-8/h8H,3-7H2,1-2H3. The van der Waals surface area contributed by atoms with E-state index in [1.54, 1.807) is 18.2 Å². The van der Waals surface area contributed by atoms with Gasteiger partial charge in [-0.3, -0.25) is 9.10 Å². The highest BCUT2D eigenvalue weighted by molar-refractivity contribution is 7.88. The Labute approximate surface area is 87.4 Å². The number of amides is 1. The van der Waals surface area contributed by atoms with Crippen LogP contribution in [0.3, 0.4) is 0 Å². The minimum Gasteiger partial charge on any atom is -0.272 e. The summed E-state index contributed by atoms with van der Waals surface area (Å²) in [4.78, 5) is 11.7. The van der Waals surface area contributed by atoms with Gasteiger partial charge in [0.15, 0.2) is 0 Å². The molecule has 2 aliphatic rings. The molecule has 4 heteroatoms. The maximum absolute atomic E-state index is 11.8. The third-order valence-corrected chi connectivity index (χ3v) is 5.11. The highest BCUT2D eigenvalue weighted by Gasteiger charge is 2.55. The molecule has 1 atom stereocenters. The molecule has 0 aromatic heterocycles. The van der Waals surface area contributed by atoms with Crippen molar-refractivity contribution in [1.82, 2.24) is 4.31 Å². The lowest BCUT2D eigenvalue weighted by atomic mass is 9.95. The molecule has 0 N–H and O–H groups in total. The first kappa shape index (κ1) is 10.1. The van der Waals surface area contributed by atoms with Crippen LogP contribution in [0.15, 0.2) is 0 Å². The van der Waals surface area contributed by atoms with Gasteiger partial charge in [-0.2, -0.15) is 0 Å². The Morgan fingerprint density at radius 3 is 2.36 bits per heavy atom. The van der Waals surface area contributed by atoms with E-state index in [1.807, 2.05) is 0 Å². The van der Waals surface area contributed by atoms with Crippen LogP contribution < -0.4 is 0 Å². The van der Waals surface area contributed by atoms with Crippen LogP contribution in [0, 0.1) is 0 Å². The van der Waals surface area contributed by atoms with Crippen molar-refractivity contribution in [3.05, 3.63) is 0 Å². The van der Waals surface area contributed by atoms with Gasteiger partial charge in [0, 0.05) is 6.04 Å². The van der Waals surface area contributed by atoms with E-state index in [-0.39, 0.29) is 11.9 Å². The van der Waals surface area contributed by atoms with Gasteiger partial charge in [0.05, 0.1) is 0 Å². The minimum absolute atomic E-state index is 0.0720. The molecule has 3 nitrogen and oxygen atoms in total. The van der Waals surface area contributed by atoms with Gasteiger partial charge < -0.3 is 0 Å². The van der Waals surface area contributed by atoms with Crippen LogP contribution in [0.5, 0.6) is 0 Å². The fourth-order valence-electron chi connectivity index (χ4n) is 2.24. The molecule has 0 bridgehead atoms. The Morgan fingerprint density at radius 2 is 1.86 bits per heavy atom. The maximum atomic E-state index is 11.8. The summed E-state index contributed by atoms with van der Waals surface area (Å²) < 4.78 is 12.8. The molecule has 1 unspecified atom stereocenters. The highest BCUT2D eigenvalue weighted by atomic mass is 32.2. The molecule has 1 heterocycles. The number of hydrogen-bond acceptors (Lipinski definition) is 2. The summed E-state index contributed by atoms with van der Waals surface area (Å²) >= 11 is 0. The minimum atomic E-state index is -1.08. The summed E-state index contributed by atoms with van der Waals surface area (Å²) in [5, 5.41) is 0. The molecule has 2 fully saturated rings. The second-order valence-electron chi connectivity index (χ2n) is 4.68. The van der Waals surface area contributed by atoms with Crippen LogP contribution in [-0.2, 0) is 15.8 Å². The molecule has 0 spiro atoms. The topological polar surface area (TPSA) is 37.4 Å². The van der Waals surface area contributed by atoms with E-state index in [0.717, 1.165) is 12.8 Å². The number of rotatable bonds is 1. The zero-order valence-electron chi connectivity index (χ0n) is 8.78. The molecule has 14 heavy (non-hydrogen) atoms. The van der Waals surface area contributed by atoms with Crippen molar-refractivity contribution in [2.24, 2.45) is 0 Å². The second-order valence-corrected chi connectivity index (χ2v) is 6.59. The number of hydrogen-bond donors (Lipinski definition) is 0. The monoisotopic (exact) mass is 215 g/mol. The molecule has 80 valence electrons. The van der Waals surface area contributed by atoms with Gasteiger partial charge in [-0.1, -0.05) is 19.3 Å². The van der Waals surface area contributed by atoms with Crippen LogP contribution in [0.25, 0.3) is 0 Å². The largest absolute Gasteiger partial charge is 0.272 e. The first-order valence-corrected chi connectivity index (χ1v) is 6.41. The lowest BCUT2D eigenvalue weighted by molar-refractivity contribution is -0.133. The van der Waals surface area contributed by atoms with Gasteiger partial charge in [0.25, 0.3) is 5.91 Å². The van der Waals surface area contributed by atoms with E-state index in [0.29, 0.717) is 0 Å². The molecule has 1 saturated heterocycles. The molecule has 1 amide bonds. The fourth-order valence-corrected chi connectivity index (χ4v) is 3.71. The summed E-state index contributed by atoms with van der Waals surface area (Å²) in [6, 6.07) is 0.255. The molecule has 0 radical (unpaired) electrons. The smallest absolute Gasteiger partial charge is 0.254 e. The van der Waals surface area contributed by atoms with E-state index < -0.39 is 15.7 Å². The molecular formula is C10H17NO2S. The van der Waals surface area contributed by atoms with Crippen LogP contribution in [0.4, 0.5) is 0 Å². The number of carbonyl (C=O) groups is 1. The van der Waals surface area contributed by atoms with Crippen molar-refractivity contribution in [2.75, 3.05) is 0 Å². The van der Waals surface area contributed by atoms with Gasteiger partial charge in [0.1, 0.15) is 15.7 Å². The Kier molecular flexibility index (Phi) is 2.41. The second kappa shape index (κ2) is 3.33. The van der Waals surface area contributed by atoms with Gasteiger partial charge in [-0.05, 0) is 26.7 Å². The summed E-state index contributed by atoms with van der Waals surface area (Å²) in [5.41, 5.74) is 0. The molecule has 1 aliphatic carbocycles. The highest BCUT2D eigenvalue weighted by Crippen LogP contribution is 2.37. The van der Waals surface area contributed by atoms with Crippen molar-refractivity contribution >= 4 is 16.9 Å². The SMILES string of the molecule is CC1(C)C(=O)N(C2CCCCC2)S1=O. The normalized spacial score (nSPS) is 32.9. The van der Waals surface area contributed by atoms with E-state index >= 15 is 0 Å². The zero-order chi connectivity index (χ0) is 10.3. The average molecular weight is 215 g/mol. The Hall–Kier alpha value is -0.380. The third-order valence-electron chi connectivity index (χ3n) is 3.24. The van der Waals surface area contributed by atoms with Gasteiger partial charge in [0.2, 0.25) is 0 Å². The van der Waals surface area contributed by atoms with E-state index in [2.05, 4.69) is 0 Å². The Bertz CT molecular complexity index is 264. The molecule has 2 rings (SSSR count). The number of nitrogens with zero attached hydrogens (tertiary/aromatic N) is 1. The van der Waals surface area contributed by atoms with Gasteiger partial charge >= 0.3 is 0 Å². The first-order chi connectivity index (χ1) is 6.55. The van der Waals surface area contributed by atoms with Crippen molar-refractivity contribution < 1.29 is 9.00 Å². The lowest BCUT2D eigenvalue weighted by Gasteiger charge is -2.47. The molecule has 1 aliphatic heterocycles. The average Bonchev–Trinajstić information content (AvgIpc) is 2.20. The molecule has 1 saturated carbocycles. The number of carbonyl (C=O) groups excluding carboxylic acids is 1. The van der Waals surface area contributed by atoms with E-state index in [9.17, 15) is 9.00 Å². The quantitative estimate of drug-likeness (QED) is 0.666. The Balaban J connectivity index is 2.06. The van der Waals surface area contributed by atoms with E-state index in [1.165, 1.54) is 19.3 Å². The molecule has 0 aromatic carbocycles. The van der Waals surface area contributed by atoms with Gasteiger partial charge in [-0.15, -0.1) is 0 Å². The molecule has 0 aromatic rings.